The van der Waals surface area contributed by atoms with Crippen molar-refractivity contribution < 1.29 is 9.53 Å². The van der Waals surface area contributed by atoms with Crippen molar-refractivity contribution in [2.45, 2.75) is 37.1 Å². The Hall–Kier alpha value is -1.46. The van der Waals surface area contributed by atoms with Gasteiger partial charge in [-0.1, -0.05) is 0 Å². The maximum absolute atomic E-state index is 12.5. The second-order valence-electron chi connectivity index (χ2n) is 7.62. The van der Waals surface area contributed by atoms with E-state index in [1.165, 1.54) is 12.0 Å². The van der Waals surface area contributed by atoms with E-state index < -0.39 is 0 Å². The zero-order valence-electron chi connectivity index (χ0n) is 14.5. The van der Waals surface area contributed by atoms with Crippen molar-refractivity contribution >= 4 is 5.91 Å². The standard InChI is InChI=1S/C19H27N3O2/c1-21-18(23)12-17(16-2-7-20-8-3-16)19(21)5-9-22(10-6-19)13-15-4-11-24-14-15/h2-3,7-8,15,17H,4-6,9-14H2,1H3/t15-,17-/m0/s1. The maximum Gasteiger partial charge on any atom is 0.223 e. The minimum absolute atomic E-state index is 0.0128. The summed E-state index contributed by atoms with van der Waals surface area (Å²) in [5.74, 6) is 1.28. The van der Waals surface area contributed by atoms with E-state index in [1.807, 2.05) is 24.3 Å². The van der Waals surface area contributed by atoms with Gasteiger partial charge in [-0.2, -0.15) is 0 Å². The molecule has 0 N–H and O–H groups in total. The molecule has 3 saturated heterocycles. The second-order valence-corrected chi connectivity index (χ2v) is 7.62. The molecule has 24 heavy (non-hydrogen) atoms. The average Bonchev–Trinajstić information content (AvgIpc) is 3.21. The van der Waals surface area contributed by atoms with Gasteiger partial charge in [0.25, 0.3) is 0 Å². The number of pyridine rings is 1. The number of aromatic nitrogens is 1. The monoisotopic (exact) mass is 329 g/mol. The van der Waals surface area contributed by atoms with Gasteiger partial charge in [0, 0.05) is 58.0 Å². The van der Waals surface area contributed by atoms with Crippen LogP contribution in [0.2, 0.25) is 0 Å². The van der Waals surface area contributed by atoms with Gasteiger partial charge in [-0.15, -0.1) is 0 Å². The van der Waals surface area contributed by atoms with Gasteiger partial charge in [-0.3, -0.25) is 9.78 Å². The molecule has 4 heterocycles. The van der Waals surface area contributed by atoms with Crippen molar-refractivity contribution in [3.05, 3.63) is 30.1 Å². The Kier molecular flexibility index (Phi) is 4.31. The molecule has 1 aromatic heterocycles. The molecule has 3 aliphatic heterocycles. The van der Waals surface area contributed by atoms with Gasteiger partial charge in [0.15, 0.2) is 0 Å². The predicted molar refractivity (Wildman–Crippen MR) is 91.7 cm³/mol. The van der Waals surface area contributed by atoms with Crippen LogP contribution in [0, 0.1) is 5.92 Å². The number of rotatable bonds is 3. The van der Waals surface area contributed by atoms with Crippen LogP contribution in [0.3, 0.4) is 0 Å². The molecule has 0 radical (unpaired) electrons. The van der Waals surface area contributed by atoms with Crippen molar-refractivity contribution in [2.24, 2.45) is 5.92 Å². The Bertz CT molecular complexity index is 578. The first-order valence-corrected chi connectivity index (χ1v) is 9.16. The third-order valence-electron chi connectivity index (χ3n) is 6.44. The highest BCUT2D eigenvalue weighted by Gasteiger charge is 2.52. The predicted octanol–water partition coefficient (Wildman–Crippen LogP) is 1.90. The van der Waals surface area contributed by atoms with E-state index in [0.29, 0.717) is 18.3 Å². The number of carbonyl (C=O) groups excluding carboxylic acids is 1. The van der Waals surface area contributed by atoms with Crippen LogP contribution in [0.5, 0.6) is 0 Å². The molecular weight excluding hydrogens is 302 g/mol. The molecule has 3 fully saturated rings. The number of ether oxygens (including phenoxy) is 1. The lowest BCUT2D eigenvalue weighted by Crippen LogP contribution is -2.54. The largest absolute Gasteiger partial charge is 0.381 e. The average molecular weight is 329 g/mol. The second kappa shape index (κ2) is 6.45. The molecule has 4 rings (SSSR count). The van der Waals surface area contributed by atoms with Crippen LogP contribution in [0.25, 0.3) is 0 Å². The molecule has 3 aliphatic rings. The van der Waals surface area contributed by atoms with Gasteiger partial charge >= 0.3 is 0 Å². The van der Waals surface area contributed by atoms with Crippen molar-refractivity contribution in [3.8, 4) is 0 Å². The lowest BCUT2D eigenvalue weighted by atomic mass is 9.74. The number of amides is 1. The molecular formula is C19H27N3O2. The molecule has 1 amide bonds. The Morgan fingerprint density at radius 2 is 2.04 bits per heavy atom. The van der Waals surface area contributed by atoms with Crippen LogP contribution in [-0.2, 0) is 9.53 Å². The molecule has 2 atom stereocenters. The number of likely N-dealkylation sites (tertiary alicyclic amines) is 2. The lowest BCUT2D eigenvalue weighted by molar-refractivity contribution is -0.130. The highest BCUT2D eigenvalue weighted by Crippen LogP contribution is 2.48. The van der Waals surface area contributed by atoms with Crippen LogP contribution < -0.4 is 0 Å². The molecule has 0 saturated carbocycles. The SMILES string of the molecule is CN1C(=O)C[C@@H](c2ccncc2)C12CCN(C[C@@H]1CCOC1)CC2. The van der Waals surface area contributed by atoms with E-state index in [9.17, 15) is 4.79 Å². The molecule has 5 nitrogen and oxygen atoms in total. The summed E-state index contributed by atoms with van der Waals surface area (Å²) in [6, 6.07) is 4.17. The summed E-state index contributed by atoms with van der Waals surface area (Å²) in [5.41, 5.74) is 1.25. The van der Waals surface area contributed by atoms with Gasteiger partial charge in [-0.05, 0) is 42.9 Å². The maximum atomic E-state index is 12.5. The molecule has 5 heteroatoms. The fraction of sp³-hybridized carbons (Fsp3) is 0.684. The number of hydrogen-bond donors (Lipinski definition) is 0. The third kappa shape index (κ3) is 2.74. The molecule has 1 spiro atoms. The molecule has 0 unspecified atom stereocenters. The van der Waals surface area contributed by atoms with E-state index >= 15 is 0 Å². The van der Waals surface area contributed by atoms with E-state index in [0.717, 1.165) is 45.7 Å². The molecule has 130 valence electrons. The summed E-state index contributed by atoms with van der Waals surface area (Å²) in [5, 5.41) is 0. The topological polar surface area (TPSA) is 45.7 Å². The smallest absolute Gasteiger partial charge is 0.223 e. The summed E-state index contributed by atoms with van der Waals surface area (Å²) in [6.07, 6.45) is 7.66. The number of hydrogen-bond acceptors (Lipinski definition) is 4. The van der Waals surface area contributed by atoms with Gasteiger partial charge in [0.2, 0.25) is 5.91 Å². The fourth-order valence-corrected chi connectivity index (χ4v) is 4.91. The lowest BCUT2D eigenvalue weighted by Gasteiger charge is -2.47. The van der Waals surface area contributed by atoms with Crippen LogP contribution in [0.15, 0.2) is 24.5 Å². The summed E-state index contributed by atoms with van der Waals surface area (Å²) >= 11 is 0. The first-order valence-electron chi connectivity index (χ1n) is 9.16. The fourth-order valence-electron chi connectivity index (χ4n) is 4.91. The minimum atomic E-state index is -0.0128. The molecule has 0 aromatic carbocycles. The first-order chi connectivity index (χ1) is 11.7. The van der Waals surface area contributed by atoms with Crippen LogP contribution in [0.4, 0.5) is 0 Å². The normalized spacial score (nSPS) is 30.4. The number of carbonyl (C=O) groups is 1. The summed E-state index contributed by atoms with van der Waals surface area (Å²) < 4.78 is 5.51. The van der Waals surface area contributed by atoms with Gasteiger partial charge < -0.3 is 14.5 Å². The van der Waals surface area contributed by atoms with E-state index in [-0.39, 0.29) is 11.4 Å². The summed E-state index contributed by atoms with van der Waals surface area (Å²) in [7, 11) is 2.00. The van der Waals surface area contributed by atoms with Crippen LogP contribution in [0.1, 0.15) is 37.2 Å². The Labute approximate surface area is 144 Å². The molecule has 1 aromatic rings. The highest BCUT2D eigenvalue weighted by atomic mass is 16.5. The first kappa shape index (κ1) is 16.0. The summed E-state index contributed by atoms with van der Waals surface area (Å²) in [4.78, 5) is 21.2. The quantitative estimate of drug-likeness (QED) is 0.850. The van der Waals surface area contributed by atoms with Crippen molar-refractivity contribution in [1.29, 1.82) is 0 Å². The number of nitrogens with zero attached hydrogens (tertiary/aromatic N) is 3. The Balaban J connectivity index is 1.49. The van der Waals surface area contributed by atoms with Gasteiger partial charge in [-0.25, -0.2) is 0 Å². The van der Waals surface area contributed by atoms with Crippen LogP contribution in [-0.4, -0.2) is 66.1 Å². The van der Waals surface area contributed by atoms with E-state index in [4.69, 9.17) is 4.74 Å². The summed E-state index contributed by atoms with van der Waals surface area (Å²) in [6.45, 7) is 5.14. The van der Waals surface area contributed by atoms with Crippen molar-refractivity contribution in [2.75, 3.05) is 39.9 Å². The number of piperidine rings is 1. The Morgan fingerprint density at radius 3 is 2.71 bits per heavy atom. The highest BCUT2D eigenvalue weighted by molar-refractivity contribution is 5.81. The Morgan fingerprint density at radius 1 is 1.29 bits per heavy atom. The van der Waals surface area contributed by atoms with Crippen LogP contribution >= 0.6 is 0 Å². The minimum Gasteiger partial charge on any atom is -0.381 e. The number of likely N-dealkylation sites (N-methyl/N-ethyl adjacent to an activating group) is 1. The third-order valence-corrected chi connectivity index (χ3v) is 6.44. The molecule has 0 aliphatic carbocycles. The van der Waals surface area contributed by atoms with Gasteiger partial charge in [0.05, 0.1) is 12.1 Å². The zero-order valence-corrected chi connectivity index (χ0v) is 14.5. The van der Waals surface area contributed by atoms with E-state index in [1.54, 1.807) is 0 Å². The van der Waals surface area contributed by atoms with Crippen molar-refractivity contribution in [1.82, 2.24) is 14.8 Å². The molecule has 0 bridgehead atoms. The van der Waals surface area contributed by atoms with Crippen molar-refractivity contribution in [3.63, 3.8) is 0 Å². The zero-order chi connectivity index (χ0) is 16.6. The van der Waals surface area contributed by atoms with Gasteiger partial charge in [0.1, 0.15) is 0 Å². The van der Waals surface area contributed by atoms with E-state index in [2.05, 4.69) is 22.0 Å².